The van der Waals surface area contributed by atoms with Crippen molar-refractivity contribution in [1.82, 2.24) is 10.2 Å². The zero-order valence-corrected chi connectivity index (χ0v) is 17.7. The second-order valence-corrected chi connectivity index (χ2v) is 7.17. The van der Waals surface area contributed by atoms with Crippen molar-refractivity contribution in [3.63, 3.8) is 0 Å². The van der Waals surface area contributed by atoms with Crippen molar-refractivity contribution in [2.75, 3.05) is 37.9 Å². The summed E-state index contributed by atoms with van der Waals surface area (Å²) in [5.74, 6) is -0.0963. The van der Waals surface area contributed by atoms with Crippen LogP contribution < -0.4 is 20.7 Å². The summed E-state index contributed by atoms with van der Waals surface area (Å²) < 4.78 is 5.23. The number of hydrogen-bond acceptors (Lipinski definition) is 5. The monoisotopic (exact) mass is 412 g/mol. The van der Waals surface area contributed by atoms with E-state index in [0.29, 0.717) is 22.7 Å². The van der Waals surface area contributed by atoms with Crippen LogP contribution in [-0.4, -0.2) is 55.9 Å². The Morgan fingerprint density at radius 3 is 2.20 bits per heavy atom. The average Bonchev–Trinajstić information content (AvgIpc) is 2.67. The molecule has 0 fully saturated rings. The third-order valence-corrected chi connectivity index (χ3v) is 4.06. The molecule has 0 saturated heterocycles. The molecule has 0 saturated carbocycles. The van der Waals surface area contributed by atoms with Crippen molar-refractivity contribution in [3.8, 4) is 5.75 Å². The summed E-state index contributed by atoms with van der Waals surface area (Å²) in [5, 5.41) is 8.34. The molecule has 0 atom stereocenters. The minimum absolute atomic E-state index is 0.0541. The van der Waals surface area contributed by atoms with Gasteiger partial charge in [0.15, 0.2) is 0 Å². The molecule has 0 heterocycles. The number of para-hydroxylation sites is 2. The maximum absolute atomic E-state index is 12.4. The molecule has 30 heavy (non-hydrogen) atoms. The summed E-state index contributed by atoms with van der Waals surface area (Å²) >= 11 is 0. The normalized spacial score (nSPS) is 10.6. The molecule has 2 rings (SSSR count). The Hall–Kier alpha value is -3.39. The number of carbonyl (C=O) groups is 3. The number of nitrogens with zero attached hydrogens (tertiary/aromatic N) is 1. The lowest BCUT2D eigenvalue weighted by molar-refractivity contribution is -0.123. The SMILES string of the molecule is COc1ccccc1NC(=O)c1ccc(NC(=O)CN(C)CC(=O)NC(C)C)cc1. The van der Waals surface area contributed by atoms with Crippen LogP contribution in [0.1, 0.15) is 24.2 Å². The van der Waals surface area contributed by atoms with Crippen LogP contribution in [-0.2, 0) is 9.59 Å². The van der Waals surface area contributed by atoms with Gasteiger partial charge in [0.2, 0.25) is 11.8 Å². The summed E-state index contributed by atoms with van der Waals surface area (Å²) in [6.45, 7) is 3.96. The van der Waals surface area contributed by atoms with Gasteiger partial charge in [0, 0.05) is 17.3 Å². The van der Waals surface area contributed by atoms with E-state index in [1.54, 1.807) is 54.4 Å². The smallest absolute Gasteiger partial charge is 0.255 e. The van der Waals surface area contributed by atoms with Gasteiger partial charge in [0.1, 0.15) is 5.75 Å². The summed E-state index contributed by atoms with van der Waals surface area (Å²) in [5.41, 5.74) is 1.59. The van der Waals surface area contributed by atoms with Crippen LogP contribution in [0.2, 0.25) is 0 Å². The van der Waals surface area contributed by atoms with Crippen LogP contribution in [0.4, 0.5) is 11.4 Å². The Bertz CT molecular complexity index is 881. The topological polar surface area (TPSA) is 99.8 Å². The highest BCUT2D eigenvalue weighted by atomic mass is 16.5. The first-order chi connectivity index (χ1) is 14.3. The first-order valence-corrected chi connectivity index (χ1v) is 9.60. The molecular weight excluding hydrogens is 384 g/mol. The number of nitrogens with one attached hydrogen (secondary N) is 3. The number of hydrogen-bond donors (Lipinski definition) is 3. The van der Waals surface area contributed by atoms with Crippen molar-refractivity contribution in [3.05, 3.63) is 54.1 Å². The molecule has 3 N–H and O–H groups in total. The zero-order valence-electron chi connectivity index (χ0n) is 17.7. The summed E-state index contributed by atoms with van der Waals surface area (Å²) in [6, 6.07) is 13.8. The highest BCUT2D eigenvalue weighted by molar-refractivity contribution is 6.05. The standard InChI is InChI=1S/C22H28N4O4/c1-15(2)23-20(27)13-26(3)14-21(28)24-17-11-9-16(10-12-17)22(29)25-18-7-5-6-8-19(18)30-4/h5-12,15H,13-14H2,1-4H3,(H,23,27)(H,24,28)(H,25,29). The van der Waals surface area contributed by atoms with E-state index in [-0.39, 0.29) is 36.9 Å². The number of amides is 3. The van der Waals surface area contributed by atoms with Crippen LogP contribution in [0.3, 0.4) is 0 Å². The molecule has 0 spiro atoms. The molecule has 0 aromatic heterocycles. The van der Waals surface area contributed by atoms with Gasteiger partial charge >= 0.3 is 0 Å². The van der Waals surface area contributed by atoms with Gasteiger partial charge in [-0.15, -0.1) is 0 Å². The predicted octanol–water partition coefficient (Wildman–Crippen LogP) is 2.34. The number of ether oxygens (including phenoxy) is 1. The molecule has 0 aliphatic carbocycles. The maximum Gasteiger partial charge on any atom is 0.255 e. The summed E-state index contributed by atoms with van der Waals surface area (Å²) in [7, 11) is 3.24. The second kappa shape index (κ2) is 11.0. The molecule has 8 heteroatoms. The average molecular weight is 412 g/mol. The van der Waals surface area contributed by atoms with Gasteiger partial charge in [0.25, 0.3) is 5.91 Å². The Morgan fingerprint density at radius 1 is 0.933 bits per heavy atom. The first kappa shape index (κ1) is 22.9. The van der Waals surface area contributed by atoms with E-state index < -0.39 is 0 Å². The van der Waals surface area contributed by atoms with Crippen LogP contribution >= 0.6 is 0 Å². The third kappa shape index (κ3) is 7.21. The fourth-order valence-electron chi connectivity index (χ4n) is 2.76. The zero-order chi connectivity index (χ0) is 22.1. The minimum Gasteiger partial charge on any atom is -0.495 e. The van der Waals surface area contributed by atoms with E-state index in [1.807, 2.05) is 19.9 Å². The largest absolute Gasteiger partial charge is 0.495 e. The van der Waals surface area contributed by atoms with Gasteiger partial charge in [-0.1, -0.05) is 12.1 Å². The molecule has 8 nitrogen and oxygen atoms in total. The lowest BCUT2D eigenvalue weighted by Gasteiger charge is -2.17. The molecular formula is C22H28N4O4. The van der Waals surface area contributed by atoms with E-state index in [4.69, 9.17) is 4.74 Å². The number of carbonyl (C=O) groups excluding carboxylic acids is 3. The number of likely N-dealkylation sites (N-methyl/N-ethyl adjacent to an activating group) is 1. The predicted molar refractivity (Wildman–Crippen MR) is 117 cm³/mol. The summed E-state index contributed by atoms with van der Waals surface area (Å²) in [4.78, 5) is 38.0. The molecule has 0 bridgehead atoms. The Labute approximate surface area is 176 Å². The Kier molecular flexibility index (Phi) is 8.37. The van der Waals surface area contributed by atoms with E-state index in [1.165, 1.54) is 7.11 Å². The Morgan fingerprint density at radius 2 is 1.57 bits per heavy atom. The van der Waals surface area contributed by atoms with Crippen molar-refractivity contribution in [1.29, 1.82) is 0 Å². The van der Waals surface area contributed by atoms with Crippen LogP contribution in [0.15, 0.2) is 48.5 Å². The van der Waals surface area contributed by atoms with Crippen LogP contribution in [0.5, 0.6) is 5.75 Å². The molecule has 2 aromatic carbocycles. The van der Waals surface area contributed by atoms with Crippen LogP contribution in [0, 0.1) is 0 Å². The van der Waals surface area contributed by atoms with Crippen LogP contribution in [0.25, 0.3) is 0 Å². The third-order valence-electron chi connectivity index (χ3n) is 4.06. The van der Waals surface area contributed by atoms with Gasteiger partial charge < -0.3 is 20.7 Å². The number of benzene rings is 2. The molecule has 160 valence electrons. The quantitative estimate of drug-likeness (QED) is 0.587. The summed E-state index contributed by atoms with van der Waals surface area (Å²) in [6.07, 6.45) is 0. The van der Waals surface area contributed by atoms with Gasteiger partial charge in [0.05, 0.1) is 25.9 Å². The van der Waals surface area contributed by atoms with Gasteiger partial charge in [-0.25, -0.2) is 0 Å². The number of rotatable bonds is 9. The molecule has 2 aromatic rings. The Balaban J connectivity index is 1.88. The molecule has 3 amide bonds. The minimum atomic E-state index is -0.284. The van der Waals surface area contributed by atoms with Gasteiger partial charge in [-0.3, -0.25) is 19.3 Å². The van der Waals surface area contributed by atoms with Crippen molar-refractivity contribution >= 4 is 29.1 Å². The first-order valence-electron chi connectivity index (χ1n) is 9.60. The lowest BCUT2D eigenvalue weighted by Crippen LogP contribution is -2.41. The van der Waals surface area contributed by atoms with Gasteiger partial charge in [-0.2, -0.15) is 0 Å². The van der Waals surface area contributed by atoms with Crippen molar-refractivity contribution < 1.29 is 19.1 Å². The van der Waals surface area contributed by atoms with Gasteiger partial charge in [-0.05, 0) is 57.3 Å². The maximum atomic E-state index is 12.4. The molecule has 0 radical (unpaired) electrons. The fourth-order valence-corrected chi connectivity index (χ4v) is 2.76. The van der Waals surface area contributed by atoms with Crippen molar-refractivity contribution in [2.45, 2.75) is 19.9 Å². The van der Waals surface area contributed by atoms with E-state index in [9.17, 15) is 14.4 Å². The number of anilines is 2. The molecule has 0 unspecified atom stereocenters. The van der Waals surface area contributed by atoms with E-state index >= 15 is 0 Å². The van der Waals surface area contributed by atoms with E-state index in [0.717, 1.165) is 0 Å². The molecule has 0 aliphatic rings. The second-order valence-electron chi connectivity index (χ2n) is 7.17. The highest BCUT2D eigenvalue weighted by Gasteiger charge is 2.13. The highest BCUT2D eigenvalue weighted by Crippen LogP contribution is 2.23. The van der Waals surface area contributed by atoms with Crippen molar-refractivity contribution in [2.24, 2.45) is 0 Å². The number of methoxy groups -OCH3 is 1. The molecule has 0 aliphatic heterocycles. The van der Waals surface area contributed by atoms with E-state index in [2.05, 4.69) is 16.0 Å². The fraction of sp³-hybridized carbons (Fsp3) is 0.318. The lowest BCUT2D eigenvalue weighted by atomic mass is 10.2.